The Labute approximate surface area is 150 Å². The molecule has 3 nitrogen and oxygen atoms in total. The lowest BCUT2D eigenvalue weighted by atomic mass is 10.1. The Morgan fingerprint density at radius 3 is 1.92 bits per heavy atom. The number of halogens is 1. The lowest BCUT2D eigenvalue weighted by Gasteiger charge is -2.23. The first-order chi connectivity index (χ1) is 11.7. The number of pyridine rings is 1. The third-order valence-electron chi connectivity index (χ3n) is 3.66. The van der Waals surface area contributed by atoms with Crippen LogP contribution in [-0.4, -0.2) is 15.8 Å². The average molecular weight is 381 g/mol. The Hall–Kier alpha value is -2.46. The number of carbonyl (C=O) groups is 1. The van der Waals surface area contributed by atoms with Crippen molar-refractivity contribution in [1.29, 1.82) is 0 Å². The zero-order chi connectivity index (χ0) is 16.8. The molecule has 0 unspecified atom stereocenters. The Morgan fingerprint density at radius 1 is 0.875 bits per heavy atom. The topological polar surface area (TPSA) is 33.2 Å². The van der Waals surface area contributed by atoms with Crippen molar-refractivity contribution >= 4 is 21.8 Å². The molecule has 1 aromatic heterocycles. The van der Waals surface area contributed by atoms with Crippen LogP contribution in [0.15, 0.2) is 83.5 Å². The van der Waals surface area contributed by atoms with Gasteiger partial charge in [0, 0.05) is 23.8 Å². The van der Waals surface area contributed by atoms with Gasteiger partial charge in [0.15, 0.2) is 0 Å². The highest BCUT2D eigenvalue weighted by molar-refractivity contribution is 9.10. The second kappa shape index (κ2) is 7.88. The van der Waals surface area contributed by atoms with E-state index in [-0.39, 0.29) is 5.91 Å². The maximum Gasteiger partial charge on any atom is 0.273 e. The minimum Gasteiger partial charge on any atom is -0.329 e. The van der Waals surface area contributed by atoms with Crippen LogP contribution >= 0.6 is 15.9 Å². The van der Waals surface area contributed by atoms with Crippen molar-refractivity contribution in [3.63, 3.8) is 0 Å². The molecule has 3 rings (SSSR count). The molecule has 1 amide bonds. The molecule has 120 valence electrons. The van der Waals surface area contributed by atoms with Gasteiger partial charge in [-0.15, -0.1) is 0 Å². The minimum atomic E-state index is -0.0796. The summed E-state index contributed by atoms with van der Waals surface area (Å²) in [4.78, 5) is 19.0. The number of amides is 1. The Kier molecular flexibility index (Phi) is 5.39. The summed E-state index contributed by atoms with van der Waals surface area (Å²) in [6.45, 7) is 1.09. The maximum atomic E-state index is 12.9. The second-order valence-corrected chi connectivity index (χ2v) is 6.41. The van der Waals surface area contributed by atoms with E-state index < -0.39 is 0 Å². The van der Waals surface area contributed by atoms with Crippen molar-refractivity contribution in [1.82, 2.24) is 9.88 Å². The first-order valence-electron chi connectivity index (χ1n) is 7.71. The fraction of sp³-hybridized carbons (Fsp3) is 0.100. The van der Waals surface area contributed by atoms with Crippen LogP contribution in [0.1, 0.15) is 21.6 Å². The van der Waals surface area contributed by atoms with Crippen LogP contribution in [-0.2, 0) is 13.1 Å². The number of carbonyl (C=O) groups excluding carboxylic acids is 1. The third-order valence-corrected chi connectivity index (χ3v) is 4.15. The number of aromatic nitrogens is 1. The highest BCUT2D eigenvalue weighted by Crippen LogP contribution is 2.16. The van der Waals surface area contributed by atoms with E-state index >= 15 is 0 Å². The fourth-order valence-electron chi connectivity index (χ4n) is 2.49. The highest BCUT2D eigenvalue weighted by atomic mass is 79.9. The highest BCUT2D eigenvalue weighted by Gasteiger charge is 2.18. The first-order valence-corrected chi connectivity index (χ1v) is 8.50. The van der Waals surface area contributed by atoms with Crippen molar-refractivity contribution in [3.05, 3.63) is 100 Å². The van der Waals surface area contributed by atoms with Crippen LogP contribution in [0.2, 0.25) is 0 Å². The Morgan fingerprint density at radius 2 is 1.42 bits per heavy atom. The third kappa shape index (κ3) is 4.30. The summed E-state index contributed by atoms with van der Waals surface area (Å²) in [5, 5.41) is 0. The summed E-state index contributed by atoms with van der Waals surface area (Å²) >= 11 is 3.40. The van der Waals surface area contributed by atoms with E-state index in [2.05, 4.69) is 20.9 Å². The van der Waals surface area contributed by atoms with E-state index in [4.69, 9.17) is 0 Å². The molecular weight excluding hydrogens is 364 g/mol. The molecule has 24 heavy (non-hydrogen) atoms. The van der Waals surface area contributed by atoms with Gasteiger partial charge in [-0.1, -0.05) is 76.6 Å². The molecule has 0 spiro atoms. The van der Waals surface area contributed by atoms with Gasteiger partial charge in [-0.25, -0.2) is 0 Å². The fourth-order valence-corrected chi connectivity index (χ4v) is 2.83. The van der Waals surface area contributed by atoms with Crippen molar-refractivity contribution in [2.45, 2.75) is 13.1 Å². The standard InChI is InChI=1S/C20H17BrN2O/c21-18-11-12-22-19(13-18)20(24)23(14-16-7-3-1-4-8-16)15-17-9-5-2-6-10-17/h1-13H,14-15H2. The molecule has 2 aromatic carbocycles. The predicted molar refractivity (Wildman–Crippen MR) is 98.4 cm³/mol. The van der Waals surface area contributed by atoms with E-state index in [1.54, 1.807) is 12.3 Å². The largest absolute Gasteiger partial charge is 0.329 e. The SMILES string of the molecule is O=C(c1cc(Br)ccn1)N(Cc1ccccc1)Cc1ccccc1. The predicted octanol–water partition coefficient (Wildman–Crippen LogP) is 4.69. The van der Waals surface area contributed by atoms with Gasteiger partial charge < -0.3 is 4.90 Å². The van der Waals surface area contributed by atoms with Gasteiger partial charge in [0.25, 0.3) is 5.91 Å². The van der Waals surface area contributed by atoms with Crippen LogP contribution in [0.25, 0.3) is 0 Å². The molecule has 0 aliphatic carbocycles. The lowest BCUT2D eigenvalue weighted by Crippen LogP contribution is -2.30. The Balaban J connectivity index is 1.87. The molecule has 0 aliphatic heterocycles. The van der Waals surface area contributed by atoms with E-state index in [1.807, 2.05) is 71.6 Å². The molecule has 0 fully saturated rings. The number of hydrogen-bond acceptors (Lipinski definition) is 2. The molecule has 3 aromatic rings. The zero-order valence-corrected chi connectivity index (χ0v) is 14.7. The van der Waals surface area contributed by atoms with Gasteiger partial charge >= 0.3 is 0 Å². The number of benzene rings is 2. The van der Waals surface area contributed by atoms with Crippen LogP contribution in [0.5, 0.6) is 0 Å². The van der Waals surface area contributed by atoms with Gasteiger partial charge in [0.05, 0.1) is 0 Å². The zero-order valence-electron chi connectivity index (χ0n) is 13.1. The number of nitrogens with zero attached hydrogens (tertiary/aromatic N) is 2. The van der Waals surface area contributed by atoms with Gasteiger partial charge in [-0.2, -0.15) is 0 Å². The van der Waals surface area contributed by atoms with Gasteiger partial charge in [0.1, 0.15) is 5.69 Å². The summed E-state index contributed by atoms with van der Waals surface area (Å²) in [7, 11) is 0. The molecule has 0 radical (unpaired) electrons. The molecule has 0 saturated heterocycles. The van der Waals surface area contributed by atoms with E-state index in [0.717, 1.165) is 15.6 Å². The normalized spacial score (nSPS) is 10.4. The average Bonchev–Trinajstić information content (AvgIpc) is 2.62. The monoisotopic (exact) mass is 380 g/mol. The van der Waals surface area contributed by atoms with Crippen LogP contribution in [0.3, 0.4) is 0 Å². The van der Waals surface area contributed by atoms with Crippen molar-refractivity contribution in [3.8, 4) is 0 Å². The molecule has 0 atom stereocenters. The van der Waals surface area contributed by atoms with Gasteiger partial charge in [0.2, 0.25) is 0 Å². The lowest BCUT2D eigenvalue weighted by molar-refractivity contribution is 0.0724. The smallest absolute Gasteiger partial charge is 0.273 e. The van der Waals surface area contributed by atoms with Crippen LogP contribution in [0, 0.1) is 0 Å². The van der Waals surface area contributed by atoms with Crippen LogP contribution in [0.4, 0.5) is 0 Å². The second-order valence-electron chi connectivity index (χ2n) is 5.49. The summed E-state index contributed by atoms with van der Waals surface area (Å²) in [6.07, 6.45) is 1.64. The van der Waals surface area contributed by atoms with Crippen molar-refractivity contribution in [2.24, 2.45) is 0 Å². The van der Waals surface area contributed by atoms with Gasteiger partial charge in [-0.3, -0.25) is 9.78 Å². The van der Waals surface area contributed by atoms with Crippen LogP contribution < -0.4 is 0 Å². The number of rotatable bonds is 5. The molecule has 0 bridgehead atoms. The molecule has 4 heteroatoms. The van der Waals surface area contributed by atoms with Gasteiger partial charge in [-0.05, 0) is 23.3 Å². The maximum absolute atomic E-state index is 12.9. The Bertz CT molecular complexity index is 765. The first kappa shape index (κ1) is 16.4. The molecule has 0 aliphatic rings. The summed E-state index contributed by atoms with van der Waals surface area (Å²) in [5.41, 5.74) is 2.63. The molecular formula is C20H17BrN2O. The van der Waals surface area contributed by atoms with E-state index in [9.17, 15) is 4.79 Å². The summed E-state index contributed by atoms with van der Waals surface area (Å²) in [5.74, 6) is -0.0796. The molecule has 1 heterocycles. The minimum absolute atomic E-state index is 0.0796. The summed E-state index contributed by atoms with van der Waals surface area (Å²) in [6, 6.07) is 23.6. The van der Waals surface area contributed by atoms with E-state index in [1.165, 1.54) is 0 Å². The van der Waals surface area contributed by atoms with E-state index in [0.29, 0.717) is 18.8 Å². The summed E-state index contributed by atoms with van der Waals surface area (Å²) < 4.78 is 0.847. The number of hydrogen-bond donors (Lipinski definition) is 0. The molecule has 0 saturated carbocycles. The van der Waals surface area contributed by atoms with Crippen molar-refractivity contribution in [2.75, 3.05) is 0 Å². The van der Waals surface area contributed by atoms with Crippen molar-refractivity contribution < 1.29 is 4.79 Å². The quantitative estimate of drug-likeness (QED) is 0.643. The molecule has 0 N–H and O–H groups in total.